The molecule has 1 N–H and O–H groups in total. The fraction of sp³-hybridized carbons (Fsp3) is 0.667. The Morgan fingerprint density at radius 2 is 2.54 bits per heavy atom. The van der Waals surface area contributed by atoms with Crippen molar-refractivity contribution in [2.45, 2.75) is 13.0 Å². The highest BCUT2D eigenvalue weighted by molar-refractivity contribution is 7.99. The molecule has 0 aromatic carbocycles. The number of carboxylic acids is 1. The Labute approximate surface area is 82.5 Å². The highest BCUT2D eigenvalue weighted by Gasteiger charge is 2.27. The van der Waals surface area contributed by atoms with E-state index in [0.717, 1.165) is 12.3 Å². The molecule has 0 aromatic rings. The molecule has 1 heterocycles. The van der Waals surface area contributed by atoms with Crippen LogP contribution in [0.1, 0.15) is 6.92 Å². The molecule has 0 amide bonds. The molecular weight excluding hydrogens is 186 g/mol. The fourth-order valence-electron chi connectivity index (χ4n) is 1.24. The Balaban J connectivity index is 2.54. The number of nitrogens with zero attached hydrogens (tertiary/aromatic N) is 1. The van der Waals surface area contributed by atoms with Crippen LogP contribution in [0.4, 0.5) is 0 Å². The minimum absolute atomic E-state index is 0.348. The van der Waals surface area contributed by atoms with Crippen LogP contribution in [0.25, 0.3) is 0 Å². The zero-order valence-electron chi connectivity index (χ0n) is 7.62. The molecule has 0 bridgehead atoms. The number of carboxylic acid groups (broad SMARTS) is 1. The van der Waals surface area contributed by atoms with Crippen molar-refractivity contribution in [3.05, 3.63) is 0 Å². The van der Waals surface area contributed by atoms with E-state index in [0.29, 0.717) is 12.3 Å². The van der Waals surface area contributed by atoms with Gasteiger partial charge < -0.3 is 5.11 Å². The van der Waals surface area contributed by atoms with E-state index < -0.39 is 5.97 Å². The maximum Gasteiger partial charge on any atom is 0.321 e. The van der Waals surface area contributed by atoms with Crippen LogP contribution in [0, 0.1) is 11.8 Å². The van der Waals surface area contributed by atoms with Crippen molar-refractivity contribution >= 4 is 17.7 Å². The second-order valence-electron chi connectivity index (χ2n) is 2.83. The van der Waals surface area contributed by atoms with Crippen molar-refractivity contribution in [3.8, 4) is 11.8 Å². The third-order valence-electron chi connectivity index (χ3n) is 1.98. The average molecular weight is 199 g/mol. The van der Waals surface area contributed by atoms with Gasteiger partial charge in [-0.25, -0.2) is 0 Å². The molecule has 13 heavy (non-hydrogen) atoms. The largest absolute Gasteiger partial charge is 0.480 e. The molecule has 1 aliphatic heterocycles. The lowest BCUT2D eigenvalue weighted by atomic mass is 10.2. The van der Waals surface area contributed by atoms with E-state index in [4.69, 9.17) is 5.11 Å². The van der Waals surface area contributed by atoms with Gasteiger partial charge >= 0.3 is 5.97 Å². The lowest BCUT2D eigenvalue weighted by molar-refractivity contribution is -0.142. The Morgan fingerprint density at radius 1 is 1.77 bits per heavy atom. The maximum atomic E-state index is 10.8. The van der Waals surface area contributed by atoms with Gasteiger partial charge in [-0.05, 0) is 6.92 Å². The van der Waals surface area contributed by atoms with Crippen LogP contribution in [-0.2, 0) is 4.79 Å². The van der Waals surface area contributed by atoms with E-state index >= 15 is 0 Å². The lowest BCUT2D eigenvalue weighted by Crippen LogP contribution is -2.47. The van der Waals surface area contributed by atoms with Crippen LogP contribution < -0.4 is 0 Å². The molecule has 1 atom stereocenters. The van der Waals surface area contributed by atoms with Crippen molar-refractivity contribution in [3.63, 3.8) is 0 Å². The molecule has 1 aliphatic rings. The lowest BCUT2D eigenvalue weighted by Gasteiger charge is -2.30. The van der Waals surface area contributed by atoms with Gasteiger partial charge in [0.15, 0.2) is 0 Å². The molecule has 1 fully saturated rings. The number of thioether (sulfide) groups is 1. The number of hydrogen-bond acceptors (Lipinski definition) is 3. The van der Waals surface area contributed by atoms with Gasteiger partial charge in [-0.2, -0.15) is 11.8 Å². The van der Waals surface area contributed by atoms with E-state index in [2.05, 4.69) is 11.8 Å². The van der Waals surface area contributed by atoms with Gasteiger partial charge in [0, 0.05) is 18.1 Å². The summed E-state index contributed by atoms with van der Waals surface area (Å²) in [6, 6.07) is -0.348. The van der Waals surface area contributed by atoms with Crippen LogP contribution in [-0.4, -0.2) is 46.6 Å². The van der Waals surface area contributed by atoms with Gasteiger partial charge in [0.1, 0.15) is 6.04 Å². The number of aliphatic carboxylic acids is 1. The summed E-state index contributed by atoms with van der Waals surface area (Å²) in [5.41, 5.74) is 0. The maximum absolute atomic E-state index is 10.8. The second-order valence-corrected chi connectivity index (χ2v) is 3.98. The van der Waals surface area contributed by atoms with Crippen molar-refractivity contribution in [2.24, 2.45) is 0 Å². The van der Waals surface area contributed by atoms with Gasteiger partial charge in [0.25, 0.3) is 0 Å². The quantitative estimate of drug-likeness (QED) is 0.658. The standard InChI is InChI=1S/C9H13NO2S/c1-2-3-4-10-5-6-13-7-8(10)9(11)12/h8H,4-7H2,1H3,(H,11,12). The summed E-state index contributed by atoms with van der Waals surface area (Å²) in [5, 5.41) is 8.90. The van der Waals surface area contributed by atoms with Crippen molar-refractivity contribution in [1.82, 2.24) is 4.90 Å². The van der Waals surface area contributed by atoms with Crippen LogP contribution in [0.2, 0.25) is 0 Å². The highest BCUT2D eigenvalue weighted by atomic mass is 32.2. The molecular formula is C9H13NO2S. The first-order valence-electron chi connectivity index (χ1n) is 4.20. The predicted molar refractivity (Wildman–Crippen MR) is 53.8 cm³/mol. The topological polar surface area (TPSA) is 40.5 Å². The number of rotatable bonds is 2. The number of carbonyl (C=O) groups is 1. The summed E-state index contributed by atoms with van der Waals surface area (Å²) < 4.78 is 0. The first kappa shape index (κ1) is 10.4. The summed E-state index contributed by atoms with van der Waals surface area (Å²) in [7, 11) is 0. The van der Waals surface area contributed by atoms with E-state index in [1.807, 2.05) is 4.90 Å². The first-order valence-corrected chi connectivity index (χ1v) is 5.35. The van der Waals surface area contributed by atoms with Crippen molar-refractivity contribution in [2.75, 3.05) is 24.6 Å². The van der Waals surface area contributed by atoms with E-state index in [1.54, 1.807) is 18.7 Å². The Hall–Kier alpha value is -0.660. The van der Waals surface area contributed by atoms with Gasteiger partial charge in [-0.3, -0.25) is 9.69 Å². The summed E-state index contributed by atoms with van der Waals surface area (Å²) in [5.74, 6) is 6.65. The average Bonchev–Trinajstić information content (AvgIpc) is 2.15. The molecule has 4 heteroatoms. The van der Waals surface area contributed by atoms with Crippen LogP contribution >= 0.6 is 11.8 Å². The second kappa shape index (κ2) is 5.15. The summed E-state index contributed by atoms with van der Waals surface area (Å²) in [6.07, 6.45) is 0. The first-order chi connectivity index (χ1) is 6.25. The highest BCUT2D eigenvalue weighted by Crippen LogP contribution is 2.15. The molecule has 3 nitrogen and oxygen atoms in total. The molecule has 1 saturated heterocycles. The molecule has 72 valence electrons. The van der Waals surface area contributed by atoms with E-state index in [9.17, 15) is 4.79 Å². The predicted octanol–water partition coefficient (Wildman–Crippen LogP) is 0.512. The van der Waals surface area contributed by atoms with Gasteiger partial charge in [-0.1, -0.05) is 5.92 Å². The van der Waals surface area contributed by atoms with Crippen molar-refractivity contribution < 1.29 is 9.90 Å². The molecule has 0 radical (unpaired) electrons. The van der Waals surface area contributed by atoms with Crippen LogP contribution in [0.15, 0.2) is 0 Å². The normalized spacial score (nSPS) is 23.3. The zero-order chi connectivity index (χ0) is 9.68. The Kier molecular flexibility index (Phi) is 4.13. The third kappa shape index (κ3) is 2.94. The Bertz CT molecular complexity index is 244. The number of hydrogen-bond donors (Lipinski definition) is 1. The molecule has 0 aliphatic carbocycles. The molecule has 1 rings (SSSR count). The molecule has 0 spiro atoms. The molecule has 1 unspecified atom stereocenters. The van der Waals surface area contributed by atoms with Gasteiger partial charge in [0.05, 0.1) is 6.54 Å². The monoisotopic (exact) mass is 199 g/mol. The van der Waals surface area contributed by atoms with Gasteiger partial charge in [0.2, 0.25) is 0 Å². The zero-order valence-corrected chi connectivity index (χ0v) is 8.43. The van der Waals surface area contributed by atoms with Crippen LogP contribution in [0.3, 0.4) is 0 Å². The van der Waals surface area contributed by atoms with E-state index in [1.165, 1.54) is 0 Å². The minimum atomic E-state index is -0.731. The summed E-state index contributed by atoms with van der Waals surface area (Å²) >= 11 is 1.70. The van der Waals surface area contributed by atoms with Gasteiger partial charge in [-0.15, -0.1) is 5.92 Å². The molecule has 0 aromatic heterocycles. The third-order valence-corrected chi connectivity index (χ3v) is 3.01. The SMILES string of the molecule is CC#CCN1CCSCC1C(=O)O. The fourth-order valence-corrected chi connectivity index (χ4v) is 2.34. The Morgan fingerprint density at radius 3 is 3.15 bits per heavy atom. The minimum Gasteiger partial charge on any atom is -0.480 e. The summed E-state index contributed by atoms with van der Waals surface area (Å²) in [4.78, 5) is 12.8. The van der Waals surface area contributed by atoms with E-state index in [-0.39, 0.29) is 6.04 Å². The van der Waals surface area contributed by atoms with Crippen LogP contribution in [0.5, 0.6) is 0 Å². The smallest absolute Gasteiger partial charge is 0.321 e. The van der Waals surface area contributed by atoms with Crippen molar-refractivity contribution in [1.29, 1.82) is 0 Å². The molecule has 0 saturated carbocycles. The summed E-state index contributed by atoms with van der Waals surface area (Å²) in [6.45, 7) is 3.18.